The molecule has 1 aliphatic carbocycles. The zero-order valence-corrected chi connectivity index (χ0v) is 9.25. The lowest BCUT2D eigenvalue weighted by molar-refractivity contribution is -0.117. The number of carbonyl (C=O) groups is 2. The van der Waals surface area contributed by atoms with Crippen LogP contribution in [-0.4, -0.2) is 11.8 Å². The first-order chi connectivity index (χ1) is 7.58. The molecule has 0 radical (unpaired) electrons. The van der Waals surface area contributed by atoms with E-state index in [4.69, 9.17) is 17.3 Å². The van der Waals surface area contributed by atoms with E-state index in [1.54, 1.807) is 6.07 Å². The van der Waals surface area contributed by atoms with Crippen molar-refractivity contribution >= 4 is 29.1 Å². The molecule has 5 heteroatoms. The van der Waals surface area contributed by atoms with E-state index in [0.717, 1.165) is 12.8 Å². The van der Waals surface area contributed by atoms with Crippen molar-refractivity contribution in [3.63, 3.8) is 0 Å². The maximum absolute atomic E-state index is 11.6. The summed E-state index contributed by atoms with van der Waals surface area (Å²) in [6.07, 6.45) is 1.80. The van der Waals surface area contributed by atoms with E-state index in [-0.39, 0.29) is 17.4 Å². The maximum atomic E-state index is 11.6. The molecule has 0 bridgehead atoms. The summed E-state index contributed by atoms with van der Waals surface area (Å²) >= 11 is 5.80. The van der Waals surface area contributed by atoms with Gasteiger partial charge in [0.25, 0.3) is 5.91 Å². The molecule has 2 amide bonds. The number of amides is 2. The number of anilines is 1. The normalized spacial score (nSPS) is 14.6. The van der Waals surface area contributed by atoms with E-state index in [0.29, 0.717) is 10.7 Å². The van der Waals surface area contributed by atoms with E-state index in [1.807, 2.05) is 0 Å². The summed E-state index contributed by atoms with van der Waals surface area (Å²) in [6, 6.07) is 4.60. The van der Waals surface area contributed by atoms with Gasteiger partial charge in [-0.3, -0.25) is 9.59 Å². The third-order valence-electron chi connectivity index (χ3n) is 2.45. The molecule has 0 atom stereocenters. The summed E-state index contributed by atoms with van der Waals surface area (Å²) in [6.45, 7) is 0. The van der Waals surface area contributed by atoms with Crippen LogP contribution in [0, 0.1) is 5.92 Å². The van der Waals surface area contributed by atoms with Crippen molar-refractivity contribution in [1.29, 1.82) is 0 Å². The number of benzene rings is 1. The zero-order chi connectivity index (χ0) is 11.7. The number of hydrogen-bond donors (Lipinski definition) is 2. The van der Waals surface area contributed by atoms with Crippen LogP contribution in [0.4, 0.5) is 5.69 Å². The van der Waals surface area contributed by atoms with Gasteiger partial charge >= 0.3 is 0 Å². The quantitative estimate of drug-likeness (QED) is 0.843. The van der Waals surface area contributed by atoms with Crippen LogP contribution in [0.15, 0.2) is 18.2 Å². The van der Waals surface area contributed by atoms with Crippen molar-refractivity contribution in [2.75, 3.05) is 5.32 Å². The van der Waals surface area contributed by atoms with Gasteiger partial charge < -0.3 is 11.1 Å². The number of carbonyl (C=O) groups excluding carboxylic acids is 2. The van der Waals surface area contributed by atoms with Gasteiger partial charge in [-0.25, -0.2) is 0 Å². The van der Waals surface area contributed by atoms with Crippen molar-refractivity contribution in [1.82, 2.24) is 0 Å². The molecule has 84 valence electrons. The van der Waals surface area contributed by atoms with Gasteiger partial charge in [0.1, 0.15) is 0 Å². The summed E-state index contributed by atoms with van der Waals surface area (Å²) in [5.74, 6) is -0.591. The van der Waals surface area contributed by atoms with E-state index in [9.17, 15) is 9.59 Å². The van der Waals surface area contributed by atoms with E-state index in [2.05, 4.69) is 5.32 Å². The van der Waals surface area contributed by atoms with Crippen molar-refractivity contribution in [3.05, 3.63) is 28.8 Å². The monoisotopic (exact) mass is 238 g/mol. The van der Waals surface area contributed by atoms with Gasteiger partial charge in [0.05, 0.1) is 11.3 Å². The first kappa shape index (κ1) is 11.0. The van der Waals surface area contributed by atoms with Gasteiger partial charge in [-0.2, -0.15) is 0 Å². The van der Waals surface area contributed by atoms with Crippen LogP contribution in [0.1, 0.15) is 23.2 Å². The highest BCUT2D eigenvalue weighted by Gasteiger charge is 2.30. The molecule has 4 nitrogen and oxygen atoms in total. The molecule has 0 unspecified atom stereocenters. The number of rotatable bonds is 3. The Morgan fingerprint density at radius 2 is 2.06 bits per heavy atom. The summed E-state index contributed by atoms with van der Waals surface area (Å²) in [5, 5.41) is 3.13. The van der Waals surface area contributed by atoms with Gasteiger partial charge in [-0.15, -0.1) is 0 Å². The predicted octanol–water partition coefficient (Wildman–Crippen LogP) is 1.79. The van der Waals surface area contributed by atoms with Crippen molar-refractivity contribution in [2.45, 2.75) is 12.8 Å². The average molecular weight is 239 g/mol. The zero-order valence-electron chi connectivity index (χ0n) is 8.50. The lowest BCUT2D eigenvalue weighted by Crippen LogP contribution is -2.19. The molecule has 0 saturated heterocycles. The molecule has 16 heavy (non-hydrogen) atoms. The molecule has 0 aromatic heterocycles. The van der Waals surface area contributed by atoms with Crippen LogP contribution in [0.3, 0.4) is 0 Å². The molecule has 1 aromatic rings. The highest BCUT2D eigenvalue weighted by Crippen LogP contribution is 2.31. The van der Waals surface area contributed by atoms with Crippen LogP contribution in [0.5, 0.6) is 0 Å². The first-order valence-electron chi connectivity index (χ1n) is 4.98. The molecule has 2 rings (SSSR count). The molecule has 3 N–H and O–H groups in total. The summed E-state index contributed by atoms with van der Waals surface area (Å²) in [5.41, 5.74) is 5.86. The number of halogens is 1. The van der Waals surface area contributed by atoms with Gasteiger partial charge in [-0.1, -0.05) is 11.6 Å². The highest BCUT2D eigenvalue weighted by molar-refractivity contribution is 6.31. The lowest BCUT2D eigenvalue weighted by Gasteiger charge is -2.08. The standard InChI is InChI=1S/C11H11ClN2O2/c12-7-3-4-8(10(13)15)9(5-7)14-11(16)6-1-2-6/h3-6H,1-2H2,(H2,13,15)(H,14,16). The Labute approximate surface area is 97.8 Å². The summed E-state index contributed by atoms with van der Waals surface area (Å²) in [4.78, 5) is 22.7. The summed E-state index contributed by atoms with van der Waals surface area (Å²) in [7, 11) is 0. The smallest absolute Gasteiger partial charge is 0.250 e. The minimum atomic E-state index is -0.581. The SMILES string of the molecule is NC(=O)c1ccc(Cl)cc1NC(=O)C1CC1. The van der Waals surface area contributed by atoms with Gasteiger partial charge in [0, 0.05) is 10.9 Å². The Hall–Kier alpha value is -1.55. The molecule has 1 aliphatic rings. The number of primary amides is 1. The minimum Gasteiger partial charge on any atom is -0.366 e. The molecule has 1 saturated carbocycles. The third kappa shape index (κ3) is 2.33. The molecular weight excluding hydrogens is 228 g/mol. The Morgan fingerprint density at radius 3 is 2.62 bits per heavy atom. The highest BCUT2D eigenvalue weighted by atomic mass is 35.5. The predicted molar refractivity (Wildman–Crippen MR) is 61.3 cm³/mol. The molecule has 0 spiro atoms. The van der Waals surface area contributed by atoms with E-state index >= 15 is 0 Å². The third-order valence-corrected chi connectivity index (χ3v) is 2.69. The fourth-order valence-corrected chi connectivity index (χ4v) is 1.59. The van der Waals surface area contributed by atoms with E-state index < -0.39 is 5.91 Å². The fourth-order valence-electron chi connectivity index (χ4n) is 1.42. The first-order valence-corrected chi connectivity index (χ1v) is 5.36. The number of nitrogens with two attached hydrogens (primary N) is 1. The average Bonchev–Trinajstić information content (AvgIpc) is 2.99. The molecule has 1 fully saturated rings. The second-order valence-corrected chi connectivity index (χ2v) is 4.25. The molecule has 1 aromatic carbocycles. The Morgan fingerprint density at radius 1 is 1.38 bits per heavy atom. The Bertz CT molecular complexity index is 455. The van der Waals surface area contributed by atoms with Crippen LogP contribution in [-0.2, 0) is 4.79 Å². The fraction of sp³-hybridized carbons (Fsp3) is 0.273. The van der Waals surface area contributed by atoms with Gasteiger partial charge in [0.15, 0.2) is 0 Å². The molecule has 0 heterocycles. The number of nitrogens with one attached hydrogen (secondary N) is 1. The molecule has 0 aliphatic heterocycles. The second-order valence-electron chi connectivity index (χ2n) is 3.82. The molecular formula is C11H11ClN2O2. The van der Waals surface area contributed by atoms with Crippen LogP contribution in [0.25, 0.3) is 0 Å². The number of hydrogen-bond acceptors (Lipinski definition) is 2. The van der Waals surface area contributed by atoms with Crippen molar-refractivity contribution in [2.24, 2.45) is 11.7 Å². The minimum absolute atomic E-state index is 0.0692. The topological polar surface area (TPSA) is 72.2 Å². The van der Waals surface area contributed by atoms with Crippen molar-refractivity contribution < 1.29 is 9.59 Å². The largest absolute Gasteiger partial charge is 0.366 e. The van der Waals surface area contributed by atoms with Crippen LogP contribution >= 0.6 is 11.6 Å². The van der Waals surface area contributed by atoms with Crippen LogP contribution < -0.4 is 11.1 Å². The van der Waals surface area contributed by atoms with Gasteiger partial charge in [-0.05, 0) is 31.0 Å². The second kappa shape index (κ2) is 4.14. The maximum Gasteiger partial charge on any atom is 0.250 e. The van der Waals surface area contributed by atoms with Gasteiger partial charge in [0.2, 0.25) is 5.91 Å². The van der Waals surface area contributed by atoms with E-state index in [1.165, 1.54) is 12.1 Å². The Balaban J connectivity index is 2.26. The van der Waals surface area contributed by atoms with Crippen molar-refractivity contribution in [3.8, 4) is 0 Å². The summed E-state index contributed by atoms with van der Waals surface area (Å²) < 4.78 is 0. The lowest BCUT2D eigenvalue weighted by atomic mass is 10.1. The Kier molecular flexibility index (Phi) is 2.83. The van der Waals surface area contributed by atoms with Crippen LogP contribution in [0.2, 0.25) is 5.02 Å².